The van der Waals surface area contributed by atoms with Crippen LogP contribution in [0.4, 0.5) is 11.4 Å². The van der Waals surface area contributed by atoms with E-state index in [0.29, 0.717) is 23.4 Å². The van der Waals surface area contributed by atoms with E-state index in [2.05, 4.69) is 25.3 Å². The first-order chi connectivity index (χ1) is 13.2. The fourth-order valence-electron chi connectivity index (χ4n) is 2.38. The molecule has 2 N–H and O–H groups in total. The van der Waals surface area contributed by atoms with Crippen LogP contribution in [0.15, 0.2) is 67.3 Å². The molecule has 27 heavy (non-hydrogen) atoms. The van der Waals surface area contributed by atoms with E-state index in [9.17, 15) is 9.59 Å². The Morgan fingerprint density at radius 3 is 2.48 bits per heavy atom. The molecule has 0 radical (unpaired) electrons. The first-order valence-electron chi connectivity index (χ1n) is 8.23. The summed E-state index contributed by atoms with van der Waals surface area (Å²) in [4.78, 5) is 32.0. The standard InChI is InChI=1S/C20H18N4O3/c1-27-20(26)15-4-6-17(7-5-15)24-19(25)16-9-18(13-22-12-16)23-11-14-3-2-8-21-10-14/h2-10,12-13,23H,11H2,1H3,(H,24,25). The second-order valence-electron chi connectivity index (χ2n) is 5.70. The number of carbonyl (C=O) groups is 2. The number of aromatic nitrogens is 2. The highest BCUT2D eigenvalue weighted by Gasteiger charge is 2.09. The van der Waals surface area contributed by atoms with Crippen molar-refractivity contribution in [3.63, 3.8) is 0 Å². The molecule has 0 aliphatic heterocycles. The van der Waals surface area contributed by atoms with Crippen LogP contribution < -0.4 is 10.6 Å². The summed E-state index contributed by atoms with van der Waals surface area (Å²) in [7, 11) is 1.32. The van der Waals surface area contributed by atoms with Crippen molar-refractivity contribution in [1.82, 2.24) is 9.97 Å². The van der Waals surface area contributed by atoms with Gasteiger partial charge in [0.1, 0.15) is 0 Å². The molecule has 0 bridgehead atoms. The zero-order valence-corrected chi connectivity index (χ0v) is 14.7. The maximum absolute atomic E-state index is 12.4. The molecule has 2 aromatic heterocycles. The molecule has 3 aromatic rings. The number of anilines is 2. The average Bonchev–Trinajstić information content (AvgIpc) is 2.73. The molecular weight excluding hydrogens is 344 g/mol. The van der Waals surface area contributed by atoms with Crippen molar-refractivity contribution < 1.29 is 14.3 Å². The van der Waals surface area contributed by atoms with Gasteiger partial charge in [-0.15, -0.1) is 0 Å². The Hall–Kier alpha value is -3.74. The maximum Gasteiger partial charge on any atom is 0.337 e. The Morgan fingerprint density at radius 2 is 1.78 bits per heavy atom. The number of hydrogen-bond acceptors (Lipinski definition) is 6. The molecule has 0 aliphatic carbocycles. The molecule has 0 spiro atoms. The smallest absolute Gasteiger partial charge is 0.337 e. The van der Waals surface area contributed by atoms with Crippen molar-refractivity contribution in [2.45, 2.75) is 6.54 Å². The molecule has 0 saturated carbocycles. The quantitative estimate of drug-likeness (QED) is 0.655. The fraction of sp³-hybridized carbons (Fsp3) is 0.100. The van der Waals surface area contributed by atoms with Crippen LogP contribution in [0, 0.1) is 0 Å². The Balaban J connectivity index is 1.63. The minimum absolute atomic E-state index is 0.293. The first-order valence-corrected chi connectivity index (χ1v) is 8.23. The summed E-state index contributed by atoms with van der Waals surface area (Å²) in [6, 6.07) is 12.0. The average molecular weight is 362 g/mol. The predicted octanol–water partition coefficient (Wildman–Crippen LogP) is 3.13. The van der Waals surface area contributed by atoms with Gasteiger partial charge < -0.3 is 15.4 Å². The topological polar surface area (TPSA) is 93.2 Å². The molecule has 3 rings (SSSR count). The summed E-state index contributed by atoms with van der Waals surface area (Å²) < 4.78 is 4.65. The van der Waals surface area contributed by atoms with Gasteiger partial charge in [0.2, 0.25) is 0 Å². The van der Waals surface area contributed by atoms with Crippen LogP contribution in [-0.2, 0) is 11.3 Å². The molecule has 2 heterocycles. The van der Waals surface area contributed by atoms with Crippen LogP contribution in [0.3, 0.4) is 0 Å². The van der Waals surface area contributed by atoms with Crippen molar-refractivity contribution in [2.75, 3.05) is 17.7 Å². The summed E-state index contributed by atoms with van der Waals surface area (Å²) in [5, 5.41) is 5.99. The van der Waals surface area contributed by atoms with Gasteiger partial charge in [0, 0.05) is 37.0 Å². The van der Waals surface area contributed by atoms with Crippen molar-refractivity contribution in [3.05, 3.63) is 83.9 Å². The zero-order valence-electron chi connectivity index (χ0n) is 14.7. The molecule has 0 unspecified atom stereocenters. The van der Waals surface area contributed by atoms with Gasteiger partial charge in [-0.3, -0.25) is 14.8 Å². The largest absolute Gasteiger partial charge is 0.465 e. The normalized spacial score (nSPS) is 10.1. The van der Waals surface area contributed by atoms with Crippen LogP contribution in [-0.4, -0.2) is 29.0 Å². The van der Waals surface area contributed by atoms with Gasteiger partial charge in [0.25, 0.3) is 5.91 Å². The third kappa shape index (κ3) is 4.88. The van der Waals surface area contributed by atoms with Crippen molar-refractivity contribution >= 4 is 23.3 Å². The third-order valence-electron chi connectivity index (χ3n) is 3.78. The van der Waals surface area contributed by atoms with Crippen molar-refractivity contribution in [2.24, 2.45) is 0 Å². The number of amides is 1. The summed E-state index contributed by atoms with van der Waals surface area (Å²) in [6.45, 7) is 0.579. The van der Waals surface area contributed by atoms with E-state index >= 15 is 0 Å². The van der Waals surface area contributed by atoms with Gasteiger partial charge in [-0.2, -0.15) is 0 Å². The van der Waals surface area contributed by atoms with Crippen LogP contribution in [0.25, 0.3) is 0 Å². The molecule has 1 amide bonds. The van der Waals surface area contributed by atoms with E-state index in [-0.39, 0.29) is 5.91 Å². The molecule has 7 nitrogen and oxygen atoms in total. The number of rotatable bonds is 6. The highest BCUT2D eigenvalue weighted by molar-refractivity contribution is 6.04. The second kappa shape index (κ2) is 8.57. The number of nitrogens with one attached hydrogen (secondary N) is 2. The number of ether oxygens (including phenoxy) is 1. The van der Waals surface area contributed by atoms with Gasteiger partial charge in [-0.1, -0.05) is 6.07 Å². The predicted molar refractivity (Wildman–Crippen MR) is 102 cm³/mol. The SMILES string of the molecule is COC(=O)c1ccc(NC(=O)c2cncc(NCc3cccnc3)c2)cc1. The summed E-state index contributed by atoms with van der Waals surface area (Å²) >= 11 is 0. The zero-order chi connectivity index (χ0) is 19.1. The van der Waals surface area contributed by atoms with Gasteiger partial charge in [0.15, 0.2) is 0 Å². The molecule has 0 fully saturated rings. The van der Waals surface area contributed by atoms with E-state index in [1.807, 2.05) is 12.1 Å². The number of carbonyl (C=O) groups excluding carboxylic acids is 2. The number of nitrogens with zero attached hydrogens (tertiary/aromatic N) is 2. The number of methoxy groups -OCH3 is 1. The Labute approximate surface area is 156 Å². The van der Waals surface area contributed by atoms with Gasteiger partial charge >= 0.3 is 5.97 Å². The number of esters is 1. The maximum atomic E-state index is 12.4. The lowest BCUT2D eigenvalue weighted by molar-refractivity contribution is 0.0600. The fourth-order valence-corrected chi connectivity index (χ4v) is 2.38. The monoisotopic (exact) mass is 362 g/mol. The summed E-state index contributed by atoms with van der Waals surface area (Å²) in [5.74, 6) is -0.720. The van der Waals surface area contributed by atoms with E-state index in [1.54, 1.807) is 48.9 Å². The van der Waals surface area contributed by atoms with Crippen molar-refractivity contribution in [3.8, 4) is 0 Å². The van der Waals surface area contributed by atoms with Crippen LogP contribution in [0.2, 0.25) is 0 Å². The number of hydrogen-bond donors (Lipinski definition) is 2. The summed E-state index contributed by atoms with van der Waals surface area (Å²) in [6.07, 6.45) is 6.63. The third-order valence-corrected chi connectivity index (χ3v) is 3.78. The lowest BCUT2D eigenvalue weighted by Gasteiger charge is -2.09. The lowest BCUT2D eigenvalue weighted by Crippen LogP contribution is -2.13. The van der Waals surface area contributed by atoms with Gasteiger partial charge in [-0.05, 0) is 42.0 Å². The minimum atomic E-state index is -0.426. The van der Waals surface area contributed by atoms with Crippen molar-refractivity contribution in [1.29, 1.82) is 0 Å². The molecule has 1 aromatic carbocycles. The molecule has 0 atom stereocenters. The Kier molecular flexibility index (Phi) is 5.73. The molecule has 136 valence electrons. The number of pyridine rings is 2. The minimum Gasteiger partial charge on any atom is -0.465 e. The van der Waals surface area contributed by atoms with Crippen LogP contribution in [0.5, 0.6) is 0 Å². The first kappa shape index (κ1) is 18.1. The molecule has 7 heteroatoms. The number of benzene rings is 1. The Morgan fingerprint density at radius 1 is 0.963 bits per heavy atom. The summed E-state index contributed by atoms with van der Waals surface area (Å²) in [5.41, 5.74) is 3.16. The highest BCUT2D eigenvalue weighted by atomic mass is 16.5. The molecule has 0 saturated heterocycles. The van der Waals surface area contributed by atoms with E-state index in [0.717, 1.165) is 11.3 Å². The van der Waals surface area contributed by atoms with E-state index in [4.69, 9.17) is 0 Å². The van der Waals surface area contributed by atoms with E-state index < -0.39 is 5.97 Å². The molecular formula is C20H18N4O3. The lowest BCUT2D eigenvalue weighted by atomic mass is 10.2. The van der Waals surface area contributed by atoms with E-state index in [1.165, 1.54) is 13.3 Å². The second-order valence-corrected chi connectivity index (χ2v) is 5.70. The highest BCUT2D eigenvalue weighted by Crippen LogP contribution is 2.14. The Bertz CT molecular complexity index is 927. The van der Waals surface area contributed by atoms with Gasteiger partial charge in [0.05, 0.1) is 23.9 Å². The van der Waals surface area contributed by atoms with Gasteiger partial charge in [-0.25, -0.2) is 4.79 Å². The van der Waals surface area contributed by atoms with Crippen LogP contribution in [0.1, 0.15) is 26.3 Å². The van der Waals surface area contributed by atoms with Crippen LogP contribution >= 0.6 is 0 Å². The molecule has 0 aliphatic rings.